The van der Waals surface area contributed by atoms with Crippen LogP contribution in [0.5, 0.6) is 0 Å². The number of rotatable bonds is 6. The van der Waals surface area contributed by atoms with E-state index in [-0.39, 0.29) is 5.91 Å². The normalized spacial score (nSPS) is 10.3. The molecule has 0 heterocycles. The quantitative estimate of drug-likeness (QED) is 0.751. The highest BCUT2D eigenvalue weighted by Crippen LogP contribution is 2.22. The topological polar surface area (TPSA) is 46.6 Å². The van der Waals surface area contributed by atoms with Crippen molar-refractivity contribution in [3.63, 3.8) is 0 Å². The van der Waals surface area contributed by atoms with Crippen molar-refractivity contribution < 1.29 is 14.3 Å². The number of hydrogen-bond acceptors (Lipinski definition) is 4. The fourth-order valence-corrected chi connectivity index (χ4v) is 3.31. The van der Waals surface area contributed by atoms with Gasteiger partial charge in [-0.3, -0.25) is 4.79 Å². The molecular formula is C19H21NO3S. The van der Waals surface area contributed by atoms with Gasteiger partial charge in [-0.15, -0.1) is 11.8 Å². The second-order valence-electron chi connectivity index (χ2n) is 5.38. The third-order valence-electron chi connectivity index (χ3n) is 3.79. The molecule has 0 aromatic heterocycles. The number of ether oxygens (including phenoxy) is 1. The number of para-hydroxylation sites is 1. The zero-order valence-corrected chi connectivity index (χ0v) is 14.9. The molecule has 2 aromatic rings. The largest absolute Gasteiger partial charge is 0.465 e. The molecule has 0 atom stereocenters. The van der Waals surface area contributed by atoms with E-state index in [1.54, 1.807) is 43.1 Å². The van der Waals surface area contributed by atoms with Crippen molar-refractivity contribution in [3.05, 3.63) is 65.2 Å². The van der Waals surface area contributed by atoms with E-state index in [2.05, 4.69) is 19.1 Å². The Labute approximate surface area is 146 Å². The van der Waals surface area contributed by atoms with E-state index in [4.69, 9.17) is 4.74 Å². The minimum atomic E-state index is -0.446. The Morgan fingerprint density at radius 3 is 2.46 bits per heavy atom. The number of carbonyl (C=O) groups is 2. The summed E-state index contributed by atoms with van der Waals surface area (Å²) in [5, 5.41) is 0. The molecule has 0 saturated heterocycles. The van der Waals surface area contributed by atoms with E-state index in [0.717, 1.165) is 5.75 Å². The molecule has 0 aliphatic carbocycles. The number of methoxy groups -OCH3 is 1. The van der Waals surface area contributed by atoms with Crippen molar-refractivity contribution in [2.24, 2.45) is 0 Å². The van der Waals surface area contributed by atoms with Crippen molar-refractivity contribution in [2.45, 2.75) is 12.7 Å². The highest BCUT2D eigenvalue weighted by Gasteiger charge is 2.18. The second kappa shape index (κ2) is 8.55. The fourth-order valence-electron chi connectivity index (χ4n) is 2.30. The number of anilines is 1. The summed E-state index contributed by atoms with van der Waals surface area (Å²) in [4.78, 5) is 25.8. The first-order chi connectivity index (χ1) is 11.5. The molecule has 5 heteroatoms. The van der Waals surface area contributed by atoms with Crippen LogP contribution in [0.15, 0.2) is 48.5 Å². The maximum absolute atomic E-state index is 12.4. The van der Waals surface area contributed by atoms with Gasteiger partial charge in [0.25, 0.3) is 0 Å². The zero-order chi connectivity index (χ0) is 17.5. The van der Waals surface area contributed by atoms with Gasteiger partial charge >= 0.3 is 5.97 Å². The lowest BCUT2D eigenvalue weighted by Crippen LogP contribution is -2.29. The monoisotopic (exact) mass is 343 g/mol. The van der Waals surface area contributed by atoms with Gasteiger partial charge in [0, 0.05) is 12.8 Å². The zero-order valence-electron chi connectivity index (χ0n) is 14.1. The van der Waals surface area contributed by atoms with Crippen LogP contribution in [0.3, 0.4) is 0 Å². The van der Waals surface area contributed by atoms with Crippen LogP contribution in [0.1, 0.15) is 21.5 Å². The van der Waals surface area contributed by atoms with E-state index in [0.29, 0.717) is 17.0 Å². The predicted octanol–water partition coefficient (Wildman–Crippen LogP) is 3.68. The van der Waals surface area contributed by atoms with Crippen molar-refractivity contribution in [2.75, 3.05) is 24.8 Å². The minimum absolute atomic E-state index is 0.0510. The highest BCUT2D eigenvalue weighted by atomic mass is 32.2. The number of thioether (sulfide) groups is 1. The average Bonchev–Trinajstić information content (AvgIpc) is 2.62. The van der Waals surface area contributed by atoms with Gasteiger partial charge in [0.1, 0.15) is 0 Å². The van der Waals surface area contributed by atoms with Gasteiger partial charge in [-0.1, -0.05) is 36.4 Å². The van der Waals surface area contributed by atoms with Gasteiger partial charge in [0.15, 0.2) is 0 Å². The lowest BCUT2D eigenvalue weighted by molar-refractivity contribution is -0.115. The third kappa shape index (κ3) is 4.38. The number of benzene rings is 2. The Morgan fingerprint density at radius 2 is 1.75 bits per heavy atom. The van der Waals surface area contributed by atoms with Gasteiger partial charge in [-0.05, 0) is 30.2 Å². The molecule has 0 spiro atoms. The van der Waals surface area contributed by atoms with Crippen LogP contribution in [0.2, 0.25) is 0 Å². The first-order valence-corrected chi connectivity index (χ1v) is 8.76. The summed E-state index contributed by atoms with van der Waals surface area (Å²) >= 11 is 1.56. The summed E-state index contributed by atoms with van der Waals surface area (Å²) in [6, 6.07) is 15.1. The number of hydrogen-bond donors (Lipinski definition) is 0. The molecule has 4 nitrogen and oxygen atoms in total. The van der Waals surface area contributed by atoms with Gasteiger partial charge in [0.2, 0.25) is 5.91 Å². The van der Waals surface area contributed by atoms with Crippen LogP contribution in [-0.2, 0) is 15.3 Å². The van der Waals surface area contributed by atoms with Gasteiger partial charge in [-0.2, -0.15) is 0 Å². The summed E-state index contributed by atoms with van der Waals surface area (Å²) in [7, 11) is 3.01. The summed E-state index contributed by atoms with van der Waals surface area (Å²) in [5.74, 6) is 0.633. The molecular weight excluding hydrogens is 322 g/mol. The third-order valence-corrected chi connectivity index (χ3v) is 4.76. The van der Waals surface area contributed by atoms with Crippen LogP contribution in [-0.4, -0.2) is 31.8 Å². The number of amides is 1. The van der Waals surface area contributed by atoms with Crippen molar-refractivity contribution in [3.8, 4) is 0 Å². The first-order valence-electron chi connectivity index (χ1n) is 7.60. The van der Waals surface area contributed by atoms with Crippen LogP contribution >= 0.6 is 11.8 Å². The second-order valence-corrected chi connectivity index (χ2v) is 6.37. The van der Waals surface area contributed by atoms with Crippen LogP contribution < -0.4 is 4.90 Å². The Hall–Kier alpha value is -2.27. The Kier molecular flexibility index (Phi) is 6.44. The van der Waals surface area contributed by atoms with Crippen LogP contribution in [0, 0.1) is 6.92 Å². The standard InChI is InChI=1S/C19H21NO3S/c1-14-8-4-5-9-15(14)12-24-13-18(21)20(2)17-11-7-6-10-16(17)19(22)23-3/h4-11H,12-13H2,1-3H3. The first kappa shape index (κ1) is 18.1. The lowest BCUT2D eigenvalue weighted by atomic mass is 10.1. The Bertz CT molecular complexity index is 730. The molecule has 0 aliphatic heterocycles. The van der Waals surface area contributed by atoms with Gasteiger partial charge in [-0.25, -0.2) is 4.79 Å². The number of esters is 1. The number of aryl methyl sites for hydroxylation is 1. The SMILES string of the molecule is COC(=O)c1ccccc1N(C)C(=O)CSCc1ccccc1C. The van der Waals surface area contributed by atoms with E-state index in [9.17, 15) is 9.59 Å². The van der Waals surface area contributed by atoms with E-state index >= 15 is 0 Å². The van der Waals surface area contributed by atoms with Crippen molar-refractivity contribution in [1.82, 2.24) is 0 Å². The molecule has 24 heavy (non-hydrogen) atoms. The molecule has 0 bridgehead atoms. The van der Waals surface area contributed by atoms with E-state index in [1.165, 1.54) is 23.1 Å². The summed E-state index contributed by atoms with van der Waals surface area (Å²) in [5.41, 5.74) is 3.40. The van der Waals surface area contributed by atoms with Crippen molar-refractivity contribution >= 4 is 29.3 Å². The number of carbonyl (C=O) groups excluding carboxylic acids is 2. The lowest BCUT2D eigenvalue weighted by Gasteiger charge is -2.19. The minimum Gasteiger partial charge on any atom is -0.465 e. The predicted molar refractivity (Wildman–Crippen MR) is 98.5 cm³/mol. The van der Waals surface area contributed by atoms with Gasteiger partial charge < -0.3 is 9.64 Å². The molecule has 0 N–H and O–H groups in total. The Balaban J connectivity index is 2.00. The average molecular weight is 343 g/mol. The molecule has 126 valence electrons. The molecule has 0 unspecified atom stereocenters. The van der Waals surface area contributed by atoms with Crippen LogP contribution in [0.4, 0.5) is 5.69 Å². The summed E-state index contributed by atoms with van der Waals surface area (Å²) in [6.45, 7) is 2.07. The molecule has 2 rings (SSSR count). The molecule has 0 fully saturated rings. The smallest absolute Gasteiger partial charge is 0.339 e. The molecule has 0 radical (unpaired) electrons. The fraction of sp³-hybridized carbons (Fsp3) is 0.263. The number of nitrogens with zero attached hydrogens (tertiary/aromatic N) is 1. The van der Waals surface area contributed by atoms with Crippen LogP contribution in [0.25, 0.3) is 0 Å². The molecule has 0 saturated carbocycles. The Morgan fingerprint density at radius 1 is 1.08 bits per heavy atom. The summed E-state index contributed by atoms with van der Waals surface area (Å²) < 4.78 is 4.78. The molecule has 0 aliphatic rings. The highest BCUT2D eigenvalue weighted by molar-refractivity contribution is 7.99. The summed E-state index contributed by atoms with van der Waals surface area (Å²) in [6.07, 6.45) is 0. The van der Waals surface area contributed by atoms with E-state index in [1.807, 2.05) is 12.1 Å². The van der Waals surface area contributed by atoms with Crippen molar-refractivity contribution in [1.29, 1.82) is 0 Å². The maximum Gasteiger partial charge on any atom is 0.339 e. The maximum atomic E-state index is 12.4. The molecule has 1 amide bonds. The van der Waals surface area contributed by atoms with E-state index < -0.39 is 5.97 Å². The van der Waals surface area contributed by atoms with Gasteiger partial charge in [0.05, 0.1) is 24.1 Å². The molecule has 2 aromatic carbocycles.